The highest BCUT2D eigenvalue weighted by Crippen LogP contribution is 2.25. The molecule has 0 aliphatic rings. The Morgan fingerprint density at radius 1 is 1.33 bits per heavy atom. The summed E-state index contributed by atoms with van der Waals surface area (Å²) in [6.45, 7) is 5.67. The van der Waals surface area contributed by atoms with Gasteiger partial charge in [-0.05, 0) is 39.0 Å². The van der Waals surface area contributed by atoms with E-state index in [2.05, 4.69) is 21.2 Å². The Morgan fingerprint density at radius 2 is 2.00 bits per heavy atom. The van der Waals surface area contributed by atoms with Gasteiger partial charge in [0.2, 0.25) is 5.91 Å². The van der Waals surface area contributed by atoms with Crippen molar-refractivity contribution in [1.29, 1.82) is 0 Å². The minimum atomic E-state index is -0.645. The van der Waals surface area contributed by atoms with Crippen LogP contribution >= 0.6 is 27.5 Å². The molecule has 1 N–H and O–H groups in total. The van der Waals surface area contributed by atoms with Gasteiger partial charge in [0.15, 0.2) is 0 Å². The number of carbonyl (C=O) groups excluding carboxylic acids is 2. The molecule has 1 aromatic carbocycles. The molecule has 0 aliphatic heterocycles. The zero-order valence-corrected chi connectivity index (χ0v) is 16.5. The summed E-state index contributed by atoms with van der Waals surface area (Å²) >= 11 is 9.37. The van der Waals surface area contributed by atoms with Crippen molar-refractivity contribution < 1.29 is 19.1 Å². The summed E-state index contributed by atoms with van der Waals surface area (Å²) in [5.41, 5.74) is -0.172. The van der Waals surface area contributed by atoms with Crippen LogP contribution in [-0.2, 0) is 14.3 Å². The molecule has 0 saturated carbocycles. The molecule has 1 rings (SSSR count). The summed E-state index contributed by atoms with van der Waals surface area (Å²) in [5.74, 6) is -0.374. The van der Waals surface area contributed by atoms with E-state index in [1.165, 1.54) is 12.0 Å². The molecule has 0 spiro atoms. The lowest BCUT2D eigenvalue weighted by atomic mass is 10.2. The fourth-order valence-corrected chi connectivity index (χ4v) is 2.44. The molecule has 8 heteroatoms. The highest BCUT2D eigenvalue weighted by atomic mass is 79.9. The third-order valence-corrected chi connectivity index (χ3v) is 3.56. The van der Waals surface area contributed by atoms with Gasteiger partial charge in [-0.1, -0.05) is 27.5 Å². The topological polar surface area (TPSA) is 67.9 Å². The van der Waals surface area contributed by atoms with E-state index in [4.69, 9.17) is 21.1 Å². The van der Waals surface area contributed by atoms with Gasteiger partial charge in [0.05, 0.1) is 17.3 Å². The zero-order chi connectivity index (χ0) is 18.3. The van der Waals surface area contributed by atoms with E-state index in [0.717, 1.165) is 4.47 Å². The SMILES string of the molecule is COCCN(CC(=O)Nc1ccc(Br)cc1Cl)C(=O)OC(C)(C)C. The quantitative estimate of drug-likeness (QED) is 0.756. The van der Waals surface area contributed by atoms with Crippen molar-refractivity contribution in [2.24, 2.45) is 0 Å². The highest BCUT2D eigenvalue weighted by molar-refractivity contribution is 9.10. The molecule has 2 amide bonds. The van der Waals surface area contributed by atoms with E-state index >= 15 is 0 Å². The molecule has 0 atom stereocenters. The number of hydrogen-bond acceptors (Lipinski definition) is 4. The van der Waals surface area contributed by atoms with Gasteiger partial charge in [-0.2, -0.15) is 0 Å². The molecule has 0 saturated heterocycles. The van der Waals surface area contributed by atoms with Crippen LogP contribution in [0.3, 0.4) is 0 Å². The van der Waals surface area contributed by atoms with Crippen molar-refractivity contribution in [3.63, 3.8) is 0 Å². The first-order valence-electron chi connectivity index (χ1n) is 7.34. The maximum Gasteiger partial charge on any atom is 0.410 e. The maximum atomic E-state index is 12.2. The Labute approximate surface area is 155 Å². The van der Waals surface area contributed by atoms with E-state index in [-0.39, 0.29) is 19.0 Å². The van der Waals surface area contributed by atoms with Crippen LogP contribution in [-0.4, -0.2) is 49.3 Å². The van der Waals surface area contributed by atoms with E-state index < -0.39 is 11.7 Å². The molecule has 0 aromatic heterocycles. The largest absolute Gasteiger partial charge is 0.444 e. The molecule has 6 nitrogen and oxygen atoms in total. The van der Waals surface area contributed by atoms with Gasteiger partial charge in [0, 0.05) is 18.1 Å². The van der Waals surface area contributed by atoms with Crippen LogP contribution in [0.15, 0.2) is 22.7 Å². The van der Waals surface area contributed by atoms with Gasteiger partial charge in [-0.25, -0.2) is 4.79 Å². The van der Waals surface area contributed by atoms with Crippen LogP contribution < -0.4 is 5.32 Å². The van der Waals surface area contributed by atoms with Crippen molar-refractivity contribution >= 4 is 45.2 Å². The standard InChI is InChI=1S/C16H22BrClN2O4/c1-16(2,3)24-15(22)20(7-8-23-4)10-14(21)19-13-6-5-11(17)9-12(13)18/h5-6,9H,7-8,10H2,1-4H3,(H,19,21). The van der Waals surface area contributed by atoms with E-state index in [1.807, 2.05) is 0 Å². The van der Waals surface area contributed by atoms with E-state index in [1.54, 1.807) is 39.0 Å². The van der Waals surface area contributed by atoms with Gasteiger partial charge >= 0.3 is 6.09 Å². The van der Waals surface area contributed by atoms with E-state index in [0.29, 0.717) is 17.3 Å². The van der Waals surface area contributed by atoms with Gasteiger partial charge in [-0.3, -0.25) is 9.69 Å². The Bertz CT molecular complexity index is 590. The number of anilines is 1. The fourth-order valence-electron chi connectivity index (χ4n) is 1.72. The number of nitrogens with zero attached hydrogens (tertiary/aromatic N) is 1. The summed E-state index contributed by atoms with van der Waals surface area (Å²) in [6.07, 6.45) is -0.573. The predicted octanol–water partition coefficient (Wildman–Crippen LogP) is 3.92. The van der Waals surface area contributed by atoms with Crippen molar-refractivity contribution in [3.05, 3.63) is 27.7 Å². The first-order chi connectivity index (χ1) is 11.1. The van der Waals surface area contributed by atoms with Gasteiger partial charge in [0.1, 0.15) is 12.1 Å². The number of ether oxygens (including phenoxy) is 2. The predicted molar refractivity (Wildman–Crippen MR) is 97.5 cm³/mol. The second kappa shape index (κ2) is 9.25. The monoisotopic (exact) mass is 420 g/mol. The number of carbonyl (C=O) groups is 2. The van der Waals surface area contributed by atoms with Gasteiger partial charge < -0.3 is 14.8 Å². The summed E-state index contributed by atoms with van der Waals surface area (Å²) in [7, 11) is 1.52. The number of rotatable bonds is 6. The van der Waals surface area contributed by atoms with Crippen molar-refractivity contribution in [2.45, 2.75) is 26.4 Å². The summed E-state index contributed by atoms with van der Waals surface area (Å²) < 4.78 is 11.1. The number of nitrogens with one attached hydrogen (secondary N) is 1. The third-order valence-electron chi connectivity index (χ3n) is 2.76. The number of hydrogen-bond donors (Lipinski definition) is 1. The molecular weight excluding hydrogens is 400 g/mol. The zero-order valence-electron chi connectivity index (χ0n) is 14.2. The van der Waals surface area contributed by atoms with Crippen LogP contribution in [0.1, 0.15) is 20.8 Å². The molecule has 24 heavy (non-hydrogen) atoms. The normalized spacial score (nSPS) is 11.1. The average molecular weight is 422 g/mol. The maximum absolute atomic E-state index is 12.2. The smallest absolute Gasteiger partial charge is 0.410 e. The second-order valence-electron chi connectivity index (χ2n) is 6.07. The van der Waals surface area contributed by atoms with Crippen LogP contribution in [0.4, 0.5) is 10.5 Å². The molecule has 0 heterocycles. The first-order valence-corrected chi connectivity index (χ1v) is 8.51. The van der Waals surface area contributed by atoms with E-state index in [9.17, 15) is 9.59 Å². The minimum absolute atomic E-state index is 0.162. The molecule has 0 radical (unpaired) electrons. The first kappa shape index (κ1) is 20.7. The Morgan fingerprint density at radius 3 is 2.54 bits per heavy atom. The Kier molecular flexibility index (Phi) is 7.99. The Hall–Kier alpha value is -1.31. The lowest BCUT2D eigenvalue weighted by Gasteiger charge is -2.27. The fraction of sp³-hybridized carbons (Fsp3) is 0.500. The number of benzene rings is 1. The number of amides is 2. The molecule has 134 valence electrons. The van der Waals surface area contributed by atoms with Crippen LogP contribution in [0, 0.1) is 0 Å². The molecular formula is C16H22BrClN2O4. The van der Waals surface area contributed by atoms with Crippen molar-refractivity contribution in [2.75, 3.05) is 32.1 Å². The Balaban J connectivity index is 2.74. The molecule has 0 unspecified atom stereocenters. The molecule has 0 bridgehead atoms. The van der Waals surface area contributed by atoms with Crippen molar-refractivity contribution in [3.8, 4) is 0 Å². The summed E-state index contributed by atoms with van der Waals surface area (Å²) in [6, 6.07) is 5.11. The number of halogens is 2. The van der Waals surface area contributed by atoms with Crippen LogP contribution in [0.5, 0.6) is 0 Å². The average Bonchev–Trinajstić information content (AvgIpc) is 2.44. The van der Waals surface area contributed by atoms with Crippen LogP contribution in [0.25, 0.3) is 0 Å². The van der Waals surface area contributed by atoms with Crippen LogP contribution in [0.2, 0.25) is 5.02 Å². The summed E-state index contributed by atoms with van der Waals surface area (Å²) in [4.78, 5) is 25.7. The molecule has 0 fully saturated rings. The molecule has 0 aliphatic carbocycles. The minimum Gasteiger partial charge on any atom is -0.444 e. The summed E-state index contributed by atoms with van der Waals surface area (Å²) in [5, 5.41) is 3.08. The van der Waals surface area contributed by atoms with Gasteiger partial charge in [0.25, 0.3) is 0 Å². The molecule has 1 aromatic rings. The second-order valence-corrected chi connectivity index (χ2v) is 7.39. The highest BCUT2D eigenvalue weighted by Gasteiger charge is 2.24. The lowest BCUT2D eigenvalue weighted by molar-refractivity contribution is -0.117. The lowest BCUT2D eigenvalue weighted by Crippen LogP contribution is -2.42. The number of methoxy groups -OCH3 is 1. The van der Waals surface area contributed by atoms with Gasteiger partial charge in [-0.15, -0.1) is 0 Å². The van der Waals surface area contributed by atoms with Crippen molar-refractivity contribution in [1.82, 2.24) is 4.90 Å². The third kappa shape index (κ3) is 7.51.